The molecule has 2 aliphatic carbocycles. The number of carbonyl (C=O) groups is 2. The molecule has 2 aromatic rings. The Morgan fingerprint density at radius 2 is 1.48 bits per heavy atom. The molecule has 2 saturated carbocycles. The highest BCUT2D eigenvalue weighted by molar-refractivity contribution is 5.87. The quantitative estimate of drug-likeness (QED) is 0.189. The van der Waals surface area contributed by atoms with Gasteiger partial charge in [0.2, 0.25) is 5.91 Å². The van der Waals surface area contributed by atoms with E-state index < -0.39 is 28.8 Å². The highest BCUT2D eigenvalue weighted by atomic mass is 16.6. The van der Waals surface area contributed by atoms with Crippen molar-refractivity contribution in [3.05, 3.63) is 75.8 Å². The number of non-ortho nitro benzene ring substituents is 1. The minimum absolute atomic E-state index is 0.0340. The van der Waals surface area contributed by atoms with E-state index in [1.807, 2.05) is 30.3 Å². The zero-order valence-electron chi connectivity index (χ0n) is 25.8. The van der Waals surface area contributed by atoms with Gasteiger partial charge in [0.25, 0.3) is 5.69 Å². The number of nitrogens with one attached hydrogen (secondary N) is 1. The van der Waals surface area contributed by atoms with Crippen LogP contribution in [0.25, 0.3) is 0 Å². The minimum Gasteiger partial charge on any atom is -0.395 e. The summed E-state index contributed by atoms with van der Waals surface area (Å²) in [5, 5.41) is 24.0. The molecule has 2 aromatic carbocycles. The summed E-state index contributed by atoms with van der Waals surface area (Å²) >= 11 is 0. The highest BCUT2D eigenvalue weighted by Crippen LogP contribution is 2.33. The molecule has 0 radical (unpaired) electrons. The Labute approximate surface area is 261 Å². The number of nitrogens with zero attached hydrogens (tertiary/aromatic N) is 3. The van der Waals surface area contributed by atoms with Gasteiger partial charge in [0, 0.05) is 43.2 Å². The summed E-state index contributed by atoms with van der Waals surface area (Å²) < 4.78 is 0. The lowest BCUT2D eigenvalue weighted by Crippen LogP contribution is -2.54. The van der Waals surface area contributed by atoms with Gasteiger partial charge in [-0.1, -0.05) is 81.0 Å². The number of primary amides is 1. The molecule has 2 unspecified atom stereocenters. The molecule has 0 saturated heterocycles. The average molecular weight is 608 g/mol. The molecule has 10 heteroatoms. The summed E-state index contributed by atoms with van der Waals surface area (Å²) in [6.07, 6.45) is 13.3. The van der Waals surface area contributed by atoms with Crippen molar-refractivity contribution < 1.29 is 19.6 Å². The normalized spacial score (nSPS) is 17.6. The van der Waals surface area contributed by atoms with E-state index in [0.29, 0.717) is 31.5 Å². The number of benzene rings is 2. The van der Waals surface area contributed by atoms with Crippen molar-refractivity contribution in [3.63, 3.8) is 0 Å². The molecular weight excluding hydrogens is 558 g/mol. The number of amides is 3. The molecule has 240 valence electrons. The molecule has 2 aliphatic rings. The van der Waals surface area contributed by atoms with Gasteiger partial charge in [-0.05, 0) is 56.2 Å². The number of urea groups is 1. The largest absolute Gasteiger partial charge is 0.395 e. The van der Waals surface area contributed by atoms with Gasteiger partial charge in [-0.15, -0.1) is 0 Å². The fourth-order valence-corrected chi connectivity index (χ4v) is 7.08. The second kappa shape index (κ2) is 17.1. The van der Waals surface area contributed by atoms with E-state index in [4.69, 9.17) is 5.73 Å². The van der Waals surface area contributed by atoms with Crippen LogP contribution in [0.4, 0.5) is 10.5 Å². The van der Waals surface area contributed by atoms with Gasteiger partial charge < -0.3 is 21.1 Å². The molecule has 0 bridgehead atoms. The second-order valence-corrected chi connectivity index (χ2v) is 12.3. The Bertz CT molecular complexity index is 1160. The zero-order valence-corrected chi connectivity index (χ0v) is 25.8. The first-order chi connectivity index (χ1) is 21.4. The molecule has 44 heavy (non-hydrogen) atoms. The van der Waals surface area contributed by atoms with Gasteiger partial charge in [-0.2, -0.15) is 0 Å². The summed E-state index contributed by atoms with van der Waals surface area (Å²) in [5.41, 5.74) is 7.74. The van der Waals surface area contributed by atoms with Gasteiger partial charge in [-0.25, -0.2) is 4.79 Å². The van der Waals surface area contributed by atoms with Crippen molar-refractivity contribution in [2.45, 2.75) is 101 Å². The van der Waals surface area contributed by atoms with Crippen molar-refractivity contribution in [2.24, 2.45) is 5.73 Å². The first-order valence-electron chi connectivity index (χ1n) is 16.4. The van der Waals surface area contributed by atoms with Crippen LogP contribution in [0.2, 0.25) is 0 Å². The lowest BCUT2D eigenvalue weighted by molar-refractivity contribution is -0.384. The Hall–Kier alpha value is -3.50. The number of rotatable bonds is 15. The summed E-state index contributed by atoms with van der Waals surface area (Å²) in [6, 6.07) is 15.5. The summed E-state index contributed by atoms with van der Waals surface area (Å²) in [5.74, 6) is -1.13. The van der Waals surface area contributed by atoms with Crippen LogP contribution in [0.15, 0.2) is 54.6 Å². The molecule has 10 nitrogen and oxygen atoms in total. The monoisotopic (exact) mass is 607 g/mol. The van der Waals surface area contributed by atoms with Crippen molar-refractivity contribution >= 4 is 17.6 Å². The predicted octanol–water partition coefficient (Wildman–Crippen LogP) is 5.14. The molecule has 0 heterocycles. The smallest absolute Gasteiger partial charge is 0.318 e. The van der Waals surface area contributed by atoms with Crippen LogP contribution in [0.1, 0.15) is 87.7 Å². The van der Waals surface area contributed by atoms with E-state index in [2.05, 4.69) is 10.2 Å². The third kappa shape index (κ3) is 9.50. The van der Waals surface area contributed by atoms with E-state index in [1.54, 1.807) is 12.1 Å². The van der Waals surface area contributed by atoms with Crippen molar-refractivity contribution in [1.82, 2.24) is 15.1 Å². The Balaban J connectivity index is 1.57. The summed E-state index contributed by atoms with van der Waals surface area (Å²) in [4.78, 5) is 41.7. The number of aliphatic hydroxyl groups excluding tert-OH is 1. The van der Waals surface area contributed by atoms with Gasteiger partial charge in [0.05, 0.1) is 11.5 Å². The van der Waals surface area contributed by atoms with E-state index in [1.165, 1.54) is 81.2 Å². The van der Waals surface area contributed by atoms with Gasteiger partial charge in [0.15, 0.2) is 0 Å². The maximum absolute atomic E-state index is 13.6. The van der Waals surface area contributed by atoms with Crippen LogP contribution in [0.5, 0.6) is 0 Å². The number of carbonyl (C=O) groups excluding carboxylic acids is 2. The Morgan fingerprint density at radius 1 is 0.886 bits per heavy atom. The predicted molar refractivity (Wildman–Crippen MR) is 171 cm³/mol. The molecule has 0 spiro atoms. The maximum Gasteiger partial charge on any atom is 0.318 e. The lowest BCUT2D eigenvalue weighted by atomic mass is 9.85. The first kappa shape index (κ1) is 33.4. The topological polar surface area (TPSA) is 142 Å². The lowest BCUT2D eigenvalue weighted by Gasteiger charge is -2.42. The SMILES string of the molecule is NC(=O)C(NC(=O)N(CCO)CCc1ccccc1)C(CCN(C1CCCCC1)C1CCCCC1)c1ccc([N+](=O)[O-])cc1. The number of aliphatic hydroxyl groups is 1. The van der Waals surface area contributed by atoms with Crippen molar-refractivity contribution in [1.29, 1.82) is 0 Å². The Kier molecular flexibility index (Phi) is 13.0. The molecule has 4 rings (SSSR count). The minimum atomic E-state index is -1.03. The zero-order chi connectivity index (χ0) is 31.3. The molecule has 0 aliphatic heterocycles. The van der Waals surface area contributed by atoms with E-state index in [0.717, 1.165) is 17.7 Å². The van der Waals surface area contributed by atoms with Gasteiger partial charge >= 0.3 is 6.03 Å². The number of hydrogen-bond acceptors (Lipinski definition) is 6. The number of nitro benzene ring substituents is 1. The van der Waals surface area contributed by atoms with Gasteiger partial charge in [-0.3, -0.25) is 19.8 Å². The molecule has 4 N–H and O–H groups in total. The van der Waals surface area contributed by atoms with Crippen LogP contribution >= 0.6 is 0 Å². The third-order valence-electron chi connectivity index (χ3n) is 9.48. The number of nitrogens with two attached hydrogens (primary N) is 1. The average Bonchev–Trinajstić information content (AvgIpc) is 3.05. The van der Waals surface area contributed by atoms with Crippen LogP contribution in [-0.2, 0) is 11.2 Å². The molecule has 0 aromatic heterocycles. The molecule has 2 atom stereocenters. The van der Waals surface area contributed by atoms with Crippen molar-refractivity contribution in [3.8, 4) is 0 Å². The van der Waals surface area contributed by atoms with Crippen LogP contribution < -0.4 is 11.1 Å². The molecule has 3 amide bonds. The molecular formula is C34H49N5O5. The fraction of sp³-hybridized carbons (Fsp3) is 0.588. The standard InChI is InChI=1S/C34H49N5O5/c35-33(41)32(36-34(42)37(24-25-40)22-20-26-10-4-1-5-11-26)31(27-16-18-30(19-17-27)39(43)44)21-23-38(28-12-6-2-7-13-28)29-14-8-3-9-15-29/h1,4-5,10-11,16-19,28-29,31-32,40H,2-3,6-9,12-15,20-25H2,(H2,35,41)(H,36,42). The first-order valence-corrected chi connectivity index (χ1v) is 16.4. The summed E-state index contributed by atoms with van der Waals surface area (Å²) in [6.45, 7) is 1.02. The fourth-order valence-electron chi connectivity index (χ4n) is 7.08. The van der Waals surface area contributed by atoms with Crippen LogP contribution in [-0.4, -0.2) is 76.1 Å². The van der Waals surface area contributed by atoms with Gasteiger partial charge in [0.1, 0.15) is 6.04 Å². The Morgan fingerprint density at radius 3 is 2.00 bits per heavy atom. The van der Waals surface area contributed by atoms with E-state index in [9.17, 15) is 24.8 Å². The van der Waals surface area contributed by atoms with E-state index in [-0.39, 0.29) is 18.8 Å². The summed E-state index contributed by atoms with van der Waals surface area (Å²) in [7, 11) is 0. The van der Waals surface area contributed by atoms with Crippen LogP contribution in [0.3, 0.4) is 0 Å². The third-order valence-corrected chi connectivity index (χ3v) is 9.48. The number of hydrogen-bond donors (Lipinski definition) is 3. The molecule has 2 fully saturated rings. The maximum atomic E-state index is 13.6. The highest BCUT2D eigenvalue weighted by Gasteiger charge is 2.34. The second-order valence-electron chi connectivity index (χ2n) is 12.3. The number of nitro groups is 1. The van der Waals surface area contributed by atoms with Crippen molar-refractivity contribution in [2.75, 3.05) is 26.2 Å². The van der Waals surface area contributed by atoms with E-state index >= 15 is 0 Å². The van der Waals surface area contributed by atoms with Crippen LogP contribution in [0, 0.1) is 10.1 Å².